The summed E-state index contributed by atoms with van der Waals surface area (Å²) >= 11 is 6.40. The van der Waals surface area contributed by atoms with Crippen LogP contribution >= 0.6 is 11.6 Å². The van der Waals surface area contributed by atoms with Crippen molar-refractivity contribution in [1.29, 1.82) is 0 Å². The highest BCUT2D eigenvalue weighted by Crippen LogP contribution is 2.35. The first-order valence-corrected chi connectivity index (χ1v) is 8.33. The van der Waals surface area contributed by atoms with Crippen molar-refractivity contribution < 1.29 is 5.11 Å². The fourth-order valence-electron chi connectivity index (χ4n) is 3.28. The largest absolute Gasteiger partial charge is 0.379 e. The van der Waals surface area contributed by atoms with Gasteiger partial charge in [0.1, 0.15) is 5.60 Å². The summed E-state index contributed by atoms with van der Waals surface area (Å²) in [5.41, 5.74) is 0.610. The van der Waals surface area contributed by atoms with Crippen LogP contribution in [0.25, 0.3) is 0 Å². The summed E-state index contributed by atoms with van der Waals surface area (Å²) in [5, 5.41) is 12.2. The van der Waals surface area contributed by atoms with Crippen LogP contribution in [0.15, 0.2) is 54.6 Å². The highest BCUT2D eigenvalue weighted by Gasteiger charge is 2.35. The number of likely N-dealkylation sites (tertiary alicyclic amines) is 1. The van der Waals surface area contributed by atoms with Crippen LogP contribution in [-0.4, -0.2) is 29.6 Å². The van der Waals surface area contributed by atoms with Crippen molar-refractivity contribution in [3.8, 4) is 0 Å². The Kier molecular flexibility index (Phi) is 4.82. The lowest BCUT2D eigenvalue weighted by atomic mass is 9.85. The average molecular weight is 316 g/mol. The van der Waals surface area contributed by atoms with Crippen molar-refractivity contribution in [3.63, 3.8) is 0 Å². The Morgan fingerprint density at radius 1 is 0.909 bits per heavy atom. The Bertz CT molecular complexity index is 610. The third-order valence-corrected chi connectivity index (χ3v) is 4.80. The minimum Gasteiger partial charge on any atom is -0.379 e. The minimum absolute atomic E-state index is 0.584. The lowest BCUT2D eigenvalue weighted by molar-refractivity contribution is 0.0294. The first-order valence-electron chi connectivity index (χ1n) is 7.95. The Hall–Kier alpha value is -1.35. The third kappa shape index (κ3) is 3.19. The van der Waals surface area contributed by atoms with Crippen LogP contribution < -0.4 is 0 Å². The van der Waals surface area contributed by atoms with Gasteiger partial charge in [-0.3, -0.25) is 4.90 Å². The molecule has 1 aliphatic rings. The Balaban J connectivity index is 2.00. The molecule has 2 aromatic rings. The van der Waals surface area contributed by atoms with Crippen LogP contribution in [0.2, 0.25) is 5.02 Å². The van der Waals surface area contributed by atoms with Crippen molar-refractivity contribution in [2.24, 2.45) is 0 Å². The van der Waals surface area contributed by atoms with Gasteiger partial charge in [-0.15, -0.1) is 0 Å². The van der Waals surface area contributed by atoms with Gasteiger partial charge in [0.05, 0.1) is 0 Å². The lowest BCUT2D eigenvalue weighted by Crippen LogP contribution is -2.44. The monoisotopic (exact) mass is 315 g/mol. The zero-order valence-electron chi connectivity index (χ0n) is 12.7. The molecule has 0 spiro atoms. The molecule has 0 amide bonds. The van der Waals surface area contributed by atoms with Gasteiger partial charge in [0.25, 0.3) is 0 Å². The molecular weight excluding hydrogens is 294 g/mol. The second kappa shape index (κ2) is 6.82. The van der Waals surface area contributed by atoms with Crippen LogP contribution in [-0.2, 0) is 5.60 Å². The summed E-state index contributed by atoms with van der Waals surface area (Å²) < 4.78 is 0. The van der Waals surface area contributed by atoms with E-state index >= 15 is 0 Å². The summed E-state index contributed by atoms with van der Waals surface area (Å²) in [6.45, 7) is 2.67. The molecule has 1 saturated heterocycles. The molecule has 1 N–H and O–H groups in total. The van der Waals surface area contributed by atoms with Crippen molar-refractivity contribution in [2.75, 3.05) is 19.6 Å². The number of nitrogens with zero attached hydrogens (tertiary/aromatic N) is 1. The van der Waals surface area contributed by atoms with E-state index in [2.05, 4.69) is 4.90 Å². The normalized spacial score (nSPS) is 18.8. The van der Waals surface area contributed by atoms with E-state index in [1.54, 1.807) is 0 Å². The number of hydrogen-bond donors (Lipinski definition) is 1. The second-order valence-electron chi connectivity index (χ2n) is 6.04. The van der Waals surface area contributed by atoms with Gasteiger partial charge in [0.2, 0.25) is 0 Å². The highest BCUT2D eigenvalue weighted by atomic mass is 35.5. The number of aliphatic hydroxyl groups is 1. The number of β-amino-alcohol motifs (C(OH)–C–C–N with tert-alkyl or cyclic N) is 1. The molecule has 2 aromatic carbocycles. The van der Waals surface area contributed by atoms with Crippen LogP contribution in [0.3, 0.4) is 0 Å². The standard InChI is InChI=1S/C19H22ClNO/c20-18-12-6-5-11-17(18)19(22,16-9-3-1-4-10-16)15-21-13-7-2-8-14-21/h1,3-6,9-12,22H,2,7-8,13-15H2. The van der Waals surface area contributed by atoms with Gasteiger partial charge >= 0.3 is 0 Å². The Morgan fingerprint density at radius 2 is 1.55 bits per heavy atom. The number of piperidine rings is 1. The van der Waals surface area contributed by atoms with E-state index in [-0.39, 0.29) is 0 Å². The molecule has 22 heavy (non-hydrogen) atoms. The van der Waals surface area contributed by atoms with Gasteiger partial charge in [0, 0.05) is 17.1 Å². The van der Waals surface area contributed by atoms with Crippen molar-refractivity contribution in [3.05, 3.63) is 70.7 Å². The molecule has 3 rings (SSSR count). The van der Waals surface area contributed by atoms with Gasteiger partial charge in [-0.05, 0) is 37.6 Å². The Morgan fingerprint density at radius 3 is 2.23 bits per heavy atom. The SMILES string of the molecule is OC(CN1CCCCC1)(c1ccccc1)c1ccccc1Cl. The molecule has 1 aliphatic heterocycles. The quantitative estimate of drug-likeness (QED) is 0.919. The first-order chi connectivity index (χ1) is 10.7. The maximum atomic E-state index is 11.6. The van der Waals surface area contributed by atoms with E-state index in [9.17, 15) is 5.11 Å². The molecule has 0 radical (unpaired) electrons. The van der Waals surface area contributed by atoms with E-state index in [0.717, 1.165) is 24.2 Å². The van der Waals surface area contributed by atoms with Crippen LogP contribution in [0, 0.1) is 0 Å². The highest BCUT2D eigenvalue weighted by molar-refractivity contribution is 6.31. The summed E-state index contributed by atoms with van der Waals surface area (Å²) in [4.78, 5) is 2.35. The number of halogens is 1. The van der Waals surface area contributed by atoms with Gasteiger partial charge < -0.3 is 5.11 Å². The molecule has 116 valence electrons. The zero-order valence-corrected chi connectivity index (χ0v) is 13.5. The number of rotatable bonds is 4. The predicted octanol–water partition coefficient (Wildman–Crippen LogP) is 4.06. The molecule has 1 fully saturated rings. The molecule has 3 heteroatoms. The van der Waals surface area contributed by atoms with E-state index in [1.165, 1.54) is 19.3 Å². The molecule has 2 nitrogen and oxygen atoms in total. The van der Waals surface area contributed by atoms with Gasteiger partial charge in [-0.25, -0.2) is 0 Å². The molecule has 0 saturated carbocycles. The molecule has 1 unspecified atom stereocenters. The van der Waals surface area contributed by atoms with E-state index in [1.807, 2.05) is 54.6 Å². The van der Waals surface area contributed by atoms with Crippen LogP contribution in [0.1, 0.15) is 30.4 Å². The van der Waals surface area contributed by atoms with Crippen molar-refractivity contribution in [2.45, 2.75) is 24.9 Å². The van der Waals surface area contributed by atoms with Gasteiger partial charge in [0.15, 0.2) is 0 Å². The predicted molar refractivity (Wildman–Crippen MR) is 91.2 cm³/mol. The van der Waals surface area contributed by atoms with Crippen molar-refractivity contribution in [1.82, 2.24) is 4.90 Å². The minimum atomic E-state index is -1.07. The van der Waals surface area contributed by atoms with Gasteiger partial charge in [-0.1, -0.05) is 66.6 Å². The summed E-state index contributed by atoms with van der Waals surface area (Å²) in [5.74, 6) is 0. The fraction of sp³-hybridized carbons (Fsp3) is 0.368. The zero-order chi connectivity index (χ0) is 15.4. The van der Waals surface area contributed by atoms with Crippen LogP contribution in [0.4, 0.5) is 0 Å². The van der Waals surface area contributed by atoms with E-state index in [4.69, 9.17) is 11.6 Å². The van der Waals surface area contributed by atoms with E-state index < -0.39 is 5.60 Å². The maximum absolute atomic E-state index is 11.6. The maximum Gasteiger partial charge on any atom is 0.129 e. The molecular formula is C19H22ClNO. The van der Waals surface area contributed by atoms with E-state index in [0.29, 0.717) is 11.6 Å². The van der Waals surface area contributed by atoms with Gasteiger partial charge in [-0.2, -0.15) is 0 Å². The molecule has 1 atom stereocenters. The second-order valence-corrected chi connectivity index (χ2v) is 6.45. The topological polar surface area (TPSA) is 23.5 Å². The third-order valence-electron chi connectivity index (χ3n) is 4.47. The molecule has 1 heterocycles. The summed E-state index contributed by atoms with van der Waals surface area (Å²) in [6, 6.07) is 17.5. The first kappa shape index (κ1) is 15.5. The smallest absolute Gasteiger partial charge is 0.129 e. The van der Waals surface area contributed by atoms with Crippen molar-refractivity contribution >= 4 is 11.6 Å². The molecule has 0 aliphatic carbocycles. The lowest BCUT2D eigenvalue weighted by Gasteiger charge is -2.37. The molecule has 0 aromatic heterocycles. The fourth-order valence-corrected chi connectivity index (χ4v) is 3.58. The number of hydrogen-bond acceptors (Lipinski definition) is 2. The molecule has 0 bridgehead atoms. The summed E-state index contributed by atoms with van der Waals surface area (Å²) in [7, 11) is 0. The number of benzene rings is 2. The van der Waals surface area contributed by atoms with Crippen LogP contribution in [0.5, 0.6) is 0 Å². The Labute approximate surface area is 137 Å². The average Bonchev–Trinajstić information content (AvgIpc) is 2.57. The summed E-state index contributed by atoms with van der Waals surface area (Å²) in [6.07, 6.45) is 3.69.